The van der Waals surface area contributed by atoms with Gasteiger partial charge in [-0.15, -0.1) is 0 Å². The zero-order valence-electron chi connectivity index (χ0n) is 13.9. The van der Waals surface area contributed by atoms with Gasteiger partial charge < -0.3 is 14.2 Å². The molecule has 1 aromatic carbocycles. The molecule has 0 spiro atoms. The monoisotopic (exact) mass is 306 g/mol. The number of hydrogen-bond acceptors (Lipinski definition) is 4. The minimum absolute atomic E-state index is 0.0611. The SMILES string of the molecule is CCOCO[C@H](CC)c1ccc(C)cc1/C=C/C(=O)OCC. The van der Waals surface area contributed by atoms with Gasteiger partial charge in [0.25, 0.3) is 0 Å². The highest BCUT2D eigenvalue weighted by molar-refractivity contribution is 5.87. The predicted molar refractivity (Wildman–Crippen MR) is 87.5 cm³/mol. The van der Waals surface area contributed by atoms with Crippen LogP contribution in [-0.4, -0.2) is 26.0 Å². The molecule has 0 saturated carbocycles. The van der Waals surface area contributed by atoms with Crippen molar-refractivity contribution in [2.45, 2.75) is 40.2 Å². The van der Waals surface area contributed by atoms with E-state index in [0.717, 1.165) is 23.1 Å². The van der Waals surface area contributed by atoms with Gasteiger partial charge in [-0.25, -0.2) is 4.79 Å². The van der Waals surface area contributed by atoms with Crippen molar-refractivity contribution in [3.63, 3.8) is 0 Å². The van der Waals surface area contributed by atoms with Crippen LogP contribution in [0.4, 0.5) is 0 Å². The Hall–Kier alpha value is -1.65. The smallest absolute Gasteiger partial charge is 0.330 e. The number of rotatable bonds is 9. The van der Waals surface area contributed by atoms with Crippen LogP contribution in [0.5, 0.6) is 0 Å². The van der Waals surface area contributed by atoms with Crippen LogP contribution in [0.1, 0.15) is 50.0 Å². The van der Waals surface area contributed by atoms with Gasteiger partial charge in [-0.05, 0) is 44.4 Å². The summed E-state index contributed by atoms with van der Waals surface area (Å²) in [6.45, 7) is 9.08. The van der Waals surface area contributed by atoms with Gasteiger partial charge >= 0.3 is 5.97 Å². The summed E-state index contributed by atoms with van der Waals surface area (Å²) in [7, 11) is 0. The quantitative estimate of drug-likeness (QED) is 0.299. The van der Waals surface area contributed by atoms with Crippen molar-refractivity contribution in [2.75, 3.05) is 20.0 Å². The first-order chi connectivity index (χ1) is 10.6. The van der Waals surface area contributed by atoms with Crippen molar-refractivity contribution in [1.29, 1.82) is 0 Å². The number of ether oxygens (including phenoxy) is 3. The fourth-order valence-corrected chi connectivity index (χ4v) is 2.12. The molecule has 22 heavy (non-hydrogen) atoms. The highest BCUT2D eigenvalue weighted by Crippen LogP contribution is 2.26. The molecule has 0 unspecified atom stereocenters. The second-order valence-electron chi connectivity index (χ2n) is 4.89. The van der Waals surface area contributed by atoms with Gasteiger partial charge in [0.2, 0.25) is 0 Å². The minimum atomic E-state index is -0.335. The van der Waals surface area contributed by atoms with Crippen molar-refractivity contribution in [3.05, 3.63) is 41.0 Å². The predicted octanol–water partition coefficient (Wildman–Crippen LogP) is 4.03. The van der Waals surface area contributed by atoms with Crippen LogP contribution >= 0.6 is 0 Å². The first-order valence-electron chi connectivity index (χ1n) is 7.77. The second-order valence-corrected chi connectivity index (χ2v) is 4.89. The first kappa shape index (κ1) is 18.4. The van der Waals surface area contributed by atoms with Crippen LogP contribution in [0.2, 0.25) is 0 Å². The average molecular weight is 306 g/mol. The molecule has 0 fully saturated rings. The molecule has 1 aromatic rings. The normalized spacial score (nSPS) is 12.5. The van der Waals surface area contributed by atoms with Crippen molar-refractivity contribution in [3.8, 4) is 0 Å². The molecule has 0 saturated heterocycles. The summed E-state index contributed by atoms with van der Waals surface area (Å²) in [6.07, 6.45) is 4.01. The lowest BCUT2D eigenvalue weighted by Gasteiger charge is -2.19. The molecule has 0 heterocycles. The highest BCUT2D eigenvalue weighted by atomic mass is 16.7. The zero-order valence-corrected chi connectivity index (χ0v) is 13.9. The van der Waals surface area contributed by atoms with Gasteiger partial charge in [0.15, 0.2) is 0 Å². The fraction of sp³-hybridized carbons (Fsp3) is 0.500. The lowest BCUT2D eigenvalue weighted by atomic mass is 9.98. The van der Waals surface area contributed by atoms with Crippen LogP contribution in [0.25, 0.3) is 6.08 Å². The van der Waals surface area contributed by atoms with E-state index in [1.165, 1.54) is 6.08 Å². The molecular weight excluding hydrogens is 280 g/mol. The maximum atomic E-state index is 11.5. The Morgan fingerprint density at radius 1 is 1.23 bits per heavy atom. The van der Waals surface area contributed by atoms with Gasteiger partial charge in [-0.1, -0.05) is 30.7 Å². The Kier molecular flexibility index (Phi) is 8.48. The van der Waals surface area contributed by atoms with Gasteiger partial charge in [0.05, 0.1) is 12.7 Å². The van der Waals surface area contributed by atoms with E-state index in [2.05, 4.69) is 6.92 Å². The van der Waals surface area contributed by atoms with Gasteiger partial charge in [0.1, 0.15) is 6.79 Å². The third-order valence-corrected chi connectivity index (χ3v) is 3.20. The molecule has 0 aromatic heterocycles. The van der Waals surface area contributed by atoms with Crippen LogP contribution in [0.3, 0.4) is 0 Å². The number of carbonyl (C=O) groups excluding carboxylic acids is 1. The maximum Gasteiger partial charge on any atom is 0.330 e. The number of carbonyl (C=O) groups is 1. The summed E-state index contributed by atoms with van der Waals surface area (Å²) in [5.74, 6) is -0.335. The molecular formula is C18H26O4. The summed E-state index contributed by atoms with van der Waals surface area (Å²) >= 11 is 0. The van der Waals surface area contributed by atoms with Gasteiger partial charge in [0, 0.05) is 12.7 Å². The largest absolute Gasteiger partial charge is 0.463 e. The molecule has 4 heteroatoms. The van der Waals surface area contributed by atoms with Crippen molar-refractivity contribution >= 4 is 12.0 Å². The van der Waals surface area contributed by atoms with Crippen molar-refractivity contribution in [2.24, 2.45) is 0 Å². The van der Waals surface area contributed by atoms with Crippen LogP contribution in [-0.2, 0) is 19.0 Å². The molecule has 0 aliphatic heterocycles. The van der Waals surface area contributed by atoms with Crippen LogP contribution < -0.4 is 0 Å². The molecule has 122 valence electrons. The average Bonchev–Trinajstić information content (AvgIpc) is 2.51. The van der Waals surface area contributed by atoms with E-state index < -0.39 is 0 Å². The van der Waals surface area contributed by atoms with Crippen molar-refractivity contribution in [1.82, 2.24) is 0 Å². The molecule has 0 N–H and O–H groups in total. The van der Waals surface area contributed by atoms with Crippen LogP contribution in [0, 0.1) is 6.92 Å². The Morgan fingerprint density at radius 3 is 2.64 bits per heavy atom. The number of aryl methyl sites for hydroxylation is 1. The molecule has 0 bridgehead atoms. The van der Waals surface area contributed by atoms with Gasteiger partial charge in [-0.2, -0.15) is 0 Å². The first-order valence-corrected chi connectivity index (χ1v) is 7.77. The molecule has 1 rings (SSSR count). The topological polar surface area (TPSA) is 44.8 Å². The van der Waals surface area contributed by atoms with E-state index >= 15 is 0 Å². The summed E-state index contributed by atoms with van der Waals surface area (Å²) < 4.78 is 16.0. The number of hydrogen-bond donors (Lipinski definition) is 0. The number of benzene rings is 1. The lowest BCUT2D eigenvalue weighted by Crippen LogP contribution is -2.09. The summed E-state index contributed by atoms with van der Waals surface area (Å²) in [5, 5.41) is 0. The van der Waals surface area contributed by atoms with E-state index in [9.17, 15) is 4.79 Å². The highest BCUT2D eigenvalue weighted by Gasteiger charge is 2.13. The molecule has 0 aliphatic rings. The summed E-state index contributed by atoms with van der Waals surface area (Å²) in [4.78, 5) is 11.5. The van der Waals surface area contributed by atoms with E-state index in [4.69, 9.17) is 14.2 Å². The van der Waals surface area contributed by atoms with E-state index in [-0.39, 0.29) is 18.9 Å². The van der Waals surface area contributed by atoms with Gasteiger partial charge in [-0.3, -0.25) is 0 Å². The Morgan fingerprint density at radius 2 is 2.00 bits per heavy atom. The zero-order chi connectivity index (χ0) is 16.4. The molecule has 1 atom stereocenters. The van der Waals surface area contributed by atoms with Crippen LogP contribution in [0.15, 0.2) is 24.3 Å². The minimum Gasteiger partial charge on any atom is -0.463 e. The Balaban J connectivity index is 2.95. The number of esters is 1. The van der Waals surface area contributed by atoms with E-state index in [1.807, 2.05) is 32.0 Å². The molecule has 4 nitrogen and oxygen atoms in total. The third-order valence-electron chi connectivity index (χ3n) is 3.20. The molecule has 0 radical (unpaired) electrons. The second kappa shape index (κ2) is 10.1. The standard InChI is InChI=1S/C18H26O4/c1-5-17(22-13-20-6-2)16-10-8-14(4)12-15(16)9-11-18(19)21-7-3/h8-12,17H,5-7,13H2,1-4H3/b11-9+/t17-/m1/s1. The fourth-order valence-electron chi connectivity index (χ4n) is 2.12. The summed E-state index contributed by atoms with van der Waals surface area (Å²) in [6, 6.07) is 6.13. The summed E-state index contributed by atoms with van der Waals surface area (Å²) in [5.41, 5.74) is 3.15. The third kappa shape index (κ3) is 6.00. The van der Waals surface area contributed by atoms with E-state index in [1.54, 1.807) is 13.0 Å². The molecule has 0 amide bonds. The van der Waals surface area contributed by atoms with Crippen molar-refractivity contribution < 1.29 is 19.0 Å². The Bertz CT molecular complexity index is 494. The Labute approximate surface area is 133 Å². The van der Waals surface area contributed by atoms with E-state index in [0.29, 0.717) is 13.2 Å². The maximum absolute atomic E-state index is 11.5. The molecule has 0 aliphatic carbocycles. The lowest BCUT2D eigenvalue weighted by molar-refractivity contribution is -0.137.